The molecule has 2 aromatic carbocycles. The molecule has 0 atom stereocenters. The second-order valence-corrected chi connectivity index (χ2v) is 7.97. The molecule has 25 heavy (non-hydrogen) atoms. The van der Waals surface area contributed by atoms with Crippen LogP contribution in [0, 0.1) is 6.92 Å². The van der Waals surface area contributed by atoms with E-state index in [9.17, 15) is 9.59 Å². The van der Waals surface area contributed by atoms with Crippen LogP contribution in [0.15, 0.2) is 57.9 Å². The number of amides is 2. The van der Waals surface area contributed by atoms with E-state index in [0.717, 1.165) is 32.4 Å². The zero-order chi connectivity index (χ0) is 18.0. The quantitative estimate of drug-likeness (QED) is 0.579. The van der Waals surface area contributed by atoms with Gasteiger partial charge in [-0.25, -0.2) is 0 Å². The van der Waals surface area contributed by atoms with Gasteiger partial charge in [-0.05, 0) is 55.0 Å². The molecule has 2 amide bonds. The minimum Gasteiger partial charge on any atom is -0.267 e. The van der Waals surface area contributed by atoms with Crippen LogP contribution in [-0.2, 0) is 4.79 Å². The molecule has 7 heteroatoms. The van der Waals surface area contributed by atoms with Crippen molar-refractivity contribution in [2.75, 3.05) is 0 Å². The van der Waals surface area contributed by atoms with Crippen LogP contribution in [-0.4, -0.2) is 21.1 Å². The first-order valence-corrected chi connectivity index (χ1v) is 9.37. The molecule has 1 fully saturated rings. The normalized spacial score (nSPS) is 15.8. The molecule has 0 aromatic heterocycles. The number of thioether (sulfide) groups is 1. The largest absolute Gasteiger partial charge is 0.285 e. The molecule has 0 aliphatic carbocycles. The number of carbonyl (C=O) groups excluding carboxylic acids is 2. The number of benzene rings is 2. The van der Waals surface area contributed by atoms with Crippen LogP contribution in [0.25, 0.3) is 6.08 Å². The lowest BCUT2D eigenvalue weighted by Gasteiger charge is -2.15. The summed E-state index contributed by atoms with van der Waals surface area (Å²) in [5.74, 6) is -0.713. The summed E-state index contributed by atoms with van der Waals surface area (Å²) < 4.78 is 1.22. The van der Waals surface area contributed by atoms with E-state index in [1.165, 1.54) is 0 Å². The molecule has 0 unspecified atom stereocenters. The lowest BCUT2D eigenvalue weighted by atomic mass is 10.1. The third kappa shape index (κ3) is 4.18. The molecular weight excluding hydrogens is 420 g/mol. The van der Waals surface area contributed by atoms with Gasteiger partial charge in [0, 0.05) is 10.0 Å². The fourth-order valence-electron chi connectivity index (χ4n) is 2.18. The average Bonchev–Trinajstić information content (AvgIpc) is 2.83. The highest BCUT2D eigenvalue weighted by Gasteiger charge is 2.33. The summed E-state index contributed by atoms with van der Waals surface area (Å²) in [7, 11) is 0. The lowest BCUT2D eigenvalue weighted by molar-refractivity contribution is -0.123. The molecule has 126 valence electrons. The Labute approximate surface area is 163 Å². The summed E-state index contributed by atoms with van der Waals surface area (Å²) in [6.45, 7) is 1.94. The molecule has 0 spiro atoms. The SMILES string of the molecule is Cc1ccc(C(=O)NN2C(=O)C(=Cc3cccc(Br)c3)SC2=S)cc1. The molecule has 0 saturated carbocycles. The van der Waals surface area contributed by atoms with E-state index in [-0.39, 0.29) is 11.8 Å². The smallest absolute Gasteiger partial charge is 0.267 e. The predicted octanol–water partition coefficient (Wildman–Crippen LogP) is 4.30. The fourth-order valence-corrected chi connectivity index (χ4v) is 3.78. The second kappa shape index (κ2) is 7.51. The van der Waals surface area contributed by atoms with E-state index in [0.29, 0.717) is 14.8 Å². The fraction of sp³-hybridized carbons (Fsp3) is 0.0556. The van der Waals surface area contributed by atoms with E-state index in [1.807, 2.05) is 43.3 Å². The van der Waals surface area contributed by atoms with Crippen LogP contribution in [0.2, 0.25) is 0 Å². The van der Waals surface area contributed by atoms with Crippen molar-refractivity contribution in [3.8, 4) is 0 Å². The van der Waals surface area contributed by atoms with E-state index in [4.69, 9.17) is 12.2 Å². The molecule has 4 nitrogen and oxygen atoms in total. The molecule has 2 aromatic rings. The van der Waals surface area contributed by atoms with Crippen molar-refractivity contribution in [3.05, 3.63) is 74.6 Å². The van der Waals surface area contributed by atoms with Gasteiger partial charge in [0.25, 0.3) is 11.8 Å². The van der Waals surface area contributed by atoms with E-state index < -0.39 is 0 Å². The number of carbonyl (C=O) groups is 2. The zero-order valence-corrected chi connectivity index (χ0v) is 16.4. The summed E-state index contributed by atoms with van der Waals surface area (Å²) in [4.78, 5) is 25.3. The Morgan fingerprint density at radius 2 is 1.96 bits per heavy atom. The van der Waals surface area contributed by atoms with E-state index in [1.54, 1.807) is 18.2 Å². The van der Waals surface area contributed by atoms with Crippen molar-refractivity contribution >= 4 is 62.1 Å². The number of nitrogens with one attached hydrogen (secondary N) is 1. The molecule has 1 saturated heterocycles. The number of nitrogens with zero attached hydrogens (tertiary/aromatic N) is 1. The highest BCUT2D eigenvalue weighted by Crippen LogP contribution is 2.31. The first-order valence-electron chi connectivity index (χ1n) is 7.35. The monoisotopic (exact) mass is 432 g/mol. The molecule has 1 N–H and O–H groups in total. The van der Waals surface area contributed by atoms with Crippen LogP contribution in [0.3, 0.4) is 0 Å². The number of rotatable bonds is 3. The molecule has 0 radical (unpaired) electrons. The van der Waals surface area contributed by atoms with Crippen LogP contribution in [0.4, 0.5) is 0 Å². The maximum Gasteiger partial charge on any atom is 0.285 e. The van der Waals surface area contributed by atoms with Gasteiger partial charge in [0.1, 0.15) is 0 Å². The third-order valence-electron chi connectivity index (χ3n) is 3.47. The minimum absolute atomic E-state index is 0.298. The summed E-state index contributed by atoms with van der Waals surface area (Å²) in [5, 5.41) is 1.12. The number of hydrogen-bond acceptors (Lipinski definition) is 4. The van der Waals surface area contributed by atoms with Gasteiger partial charge in [0.15, 0.2) is 4.32 Å². The van der Waals surface area contributed by atoms with E-state index in [2.05, 4.69) is 21.4 Å². The van der Waals surface area contributed by atoms with Crippen LogP contribution < -0.4 is 5.43 Å². The molecular formula is C18H13BrN2O2S2. The second-order valence-electron chi connectivity index (χ2n) is 5.38. The Kier molecular flexibility index (Phi) is 5.36. The van der Waals surface area contributed by atoms with Gasteiger partial charge in [-0.2, -0.15) is 5.01 Å². The van der Waals surface area contributed by atoms with Gasteiger partial charge in [0.05, 0.1) is 4.91 Å². The van der Waals surface area contributed by atoms with Gasteiger partial charge in [-0.15, -0.1) is 0 Å². The van der Waals surface area contributed by atoms with Crippen LogP contribution in [0.5, 0.6) is 0 Å². The first kappa shape index (κ1) is 17.8. The summed E-state index contributed by atoms with van der Waals surface area (Å²) in [6, 6.07) is 14.7. The number of halogens is 1. The van der Waals surface area contributed by atoms with Crippen LogP contribution >= 0.6 is 39.9 Å². The van der Waals surface area contributed by atoms with Gasteiger partial charge >= 0.3 is 0 Å². The van der Waals surface area contributed by atoms with Crippen molar-refractivity contribution in [2.24, 2.45) is 0 Å². The van der Waals surface area contributed by atoms with Gasteiger partial charge < -0.3 is 0 Å². The predicted molar refractivity (Wildman–Crippen MR) is 108 cm³/mol. The topological polar surface area (TPSA) is 49.4 Å². The van der Waals surface area contributed by atoms with E-state index >= 15 is 0 Å². The Morgan fingerprint density at radius 3 is 2.64 bits per heavy atom. The maximum atomic E-state index is 12.5. The summed E-state index contributed by atoms with van der Waals surface area (Å²) >= 11 is 9.79. The van der Waals surface area contributed by atoms with Crippen molar-refractivity contribution in [2.45, 2.75) is 6.92 Å². The number of aryl methyl sites for hydroxylation is 1. The molecule has 1 aliphatic heterocycles. The Balaban J connectivity index is 1.77. The van der Waals surface area contributed by atoms with Crippen molar-refractivity contribution in [1.82, 2.24) is 10.4 Å². The Morgan fingerprint density at radius 1 is 1.24 bits per heavy atom. The first-order chi connectivity index (χ1) is 11.9. The highest BCUT2D eigenvalue weighted by molar-refractivity contribution is 9.10. The summed E-state index contributed by atoms with van der Waals surface area (Å²) in [6.07, 6.45) is 1.75. The Bertz CT molecular complexity index is 894. The Hall–Kier alpha value is -1.96. The third-order valence-corrected chi connectivity index (χ3v) is 5.26. The standard InChI is InChI=1S/C18H13BrN2O2S2/c1-11-5-7-13(8-6-11)16(22)20-21-17(23)15(25-18(21)24)10-12-3-2-4-14(19)9-12/h2-10H,1H3,(H,20,22). The maximum absolute atomic E-state index is 12.5. The molecule has 3 rings (SSSR count). The zero-order valence-electron chi connectivity index (χ0n) is 13.2. The number of hydrazine groups is 1. The highest BCUT2D eigenvalue weighted by atomic mass is 79.9. The number of thiocarbonyl (C=S) groups is 1. The van der Waals surface area contributed by atoms with Gasteiger partial charge in [-0.3, -0.25) is 15.0 Å². The van der Waals surface area contributed by atoms with Gasteiger partial charge in [-0.1, -0.05) is 57.5 Å². The van der Waals surface area contributed by atoms with Crippen molar-refractivity contribution in [1.29, 1.82) is 0 Å². The minimum atomic E-state index is -0.375. The summed E-state index contributed by atoms with van der Waals surface area (Å²) in [5.41, 5.74) is 4.97. The lowest BCUT2D eigenvalue weighted by Crippen LogP contribution is -2.44. The van der Waals surface area contributed by atoms with Crippen molar-refractivity contribution < 1.29 is 9.59 Å². The molecule has 1 aliphatic rings. The molecule has 0 bridgehead atoms. The van der Waals surface area contributed by atoms with Crippen LogP contribution in [0.1, 0.15) is 21.5 Å². The van der Waals surface area contributed by atoms with Gasteiger partial charge in [0.2, 0.25) is 0 Å². The number of hydrogen-bond donors (Lipinski definition) is 1. The molecule has 1 heterocycles. The van der Waals surface area contributed by atoms with Crippen molar-refractivity contribution in [3.63, 3.8) is 0 Å². The average molecular weight is 433 g/mol.